The Kier molecular flexibility index (Phi) is 5.93. The van der Waals surface area contributed by atoms with Crippen molar-refractivity contribution in [3.63, 3.8) is 0 Å². The van der Waals surface area contributed by atoms with Gasteiger partial charge in [-0.1, -0.05) is 6.07 Å². The highest BCUT2D eigenvalue weighted by atomic mass is 19.3. The monoisotopic (exact) mass is 460 g/mol. The van der Waals surface area contributed by atoms with Gasteiger partial charge in [0.2, 0.25) is 0 Å². The summed E-state index contributed by atoms with van der Waals surface area (Å²) >= 11 is 0. The Hall–Kier alpha value is -3.67. The number of benzene rings is 1. The first-order valence-electron chi connectivity index (χ1n) is 10.3. The lowest BCUT2D eigenvalue weighted by Crippen LogP contribution is -2.55. The van der Waals surface area contributed by atoms with Crippen LogP contribution >= 0.6 is 0 Å². The number of halogens is 3. The lowest BCUT2D eigenvalue weighted by atomic mass is 9.81. The SMILES string of the molecule is N=CC=NNc1cccc(Nc2nc(NC3C(F)(F)CCCC34CN4)c(F)cc2C(N)=O)c1. The Morgan fingerprint density at radius 2 is 2.03 bits per heavy atom. The van der Waals surface area contributed by atoms with E-state index in [9.17, 15) is 18.0 Å². The first-order valence-corrected chi connectivity index (χ1v) is 10.3. The summed E-state index contributed by atoms with van der Waals surface area (Å²) in [5.74, 6) is -5.41. The normalized spacial score (nSPS) is 23.3. The number of nitrogens with one attached hydrogen (secondary N) is 5. The van der Waals surface area contributed by atoms with Gasteiger partial charge in [0.15, 0.2) is 11.6 Å². The third-order valence-electron chi connectivity index (χ3n) is 5.73. The Labute approximate surface area is 187 Å². The summed E-state index contributed by atoms with van der Waals surface area (Å²) in [4.78, 5) is 16.0. The van der Waals surface area contributed by atoms with E-state index in [0.717, 1.165) is 12.3 Å². The van der Waals surface area contributed by atoms with Crippen LogP contribution in [0.25, 0.3) is 0 Å². The van der Waals surface area contributed by atoms with Crippen LogP contribution in [0.3, 0.4) is 0 Å². The fraction of sp³-hybridized carbons (Fsp3) is 0.333. The Morgan fingerprint density at radius 3 is 2.73 bits per heavy atom. The van der Waals surface area contributed by atoms with E-state index in [0.29, 0.717) is 30.8 Å². The average Bonchev–Trinajstić information content (AvgIpc) is 3.53. The molecule has 0 bridgehead atoms. The number of hydrogen-bond acceptors (Lipinski definition) is 8. The molecule has 0 radical (unpaired) electrons. The second-order valence-electron chi connectivity index (χ2n) is 8.04. The average molecular weight is 460 g/mol. The van der Waals surface area contributed by atoms with Crippen LogP contribution in [0.1, 0.15) is 29.6 Å². The predicted molar refractivity (Wildman–Crippen MR) is 120 cm³/mol. The molecule has 12 heteroatoms. The molecule has 1 saturated carbocycles. The molecule has 9 nitrogen and oxygen atoms in total. The molecule has 1 aliphatic heterocycles. The second-order valence-corrected chi connectivity index (χ2v) is 8.04. The van der Waals surface area contributed by atoms with Gasteiger partial charge in [0.05, 0.1) is 23.0 Å². The number of amides is 1. The number of primary amides is 1. The van der Waals surface area contributed by atoms with Gasteiger partial charge in [-0.05, 0) is 37.1 Å². The molecule has 1 aliphatic carbocycles. The van der Waals surface area contributed by atoms with Gasteiger partial charge >= 0.3 is 0 Å². The van der Waals surface area contributed by atoms with E-state index in [1.54, 1.807) is 24.3 Å². The second kappa shape index (κ2) is 8.70. The number of nitrogens with two attached hydrogens (primary N) is 1. The lowest BCUT2D eigenvalue weighted by Gasteiger charge is -2.38. The van der Waals surface area contributed by atoms with Crippen molar-refractivity contribution in [1.82, 2.24) is 10.3 Å². The van der Waals surface area contributed by atoms with Gasteiger partial charge < -0.3 is 27.1 Å². The molecule has 1 aromatic carbocycles. The zero-order valence-corrected chi connectivity index (χ0v) is 17.5. The quantitative estimate of drug-likeness (QED) is 0.202. The number of hydrazone groups is 1. The largest absolute Gasteiger partial charge is 0.365 e. The molecule has 1 amide bonds. The molecule has 174 valence electrons. The summed E-state index contributed by atoms with van der Waals surface area (Å²) in [5.41, 5.74) is 8.09. The summed E-state index contributed by atoms with van der Waals surface area (Å²) in [5, 5.41) is 19.2. The van der Waals surface area contributed by atoms with Crippen molar-refractivity contribution in [2.75, 3.05) is 22.6 Å². The zero-order valence-electron chi connectivity index (χ0n) is 17.5. The number of hydrogen-bond donors (Lipinski definition) is 6. The molecular formula is C21H23F3N8O. The predicted octanol–water partition coefficient (Wildman–Crippen LogP) is 3.05. The molecule has 2 aliphatic rings. The molecule has 33 heavy (non-hydrogen) atoms. The summed E-state index contributed by atoms with van der Waals surface area (Å²) in [7, 11) is 0. The number of nitrogens with zero attached hydrogens (tertiary/aromatic N) is 2. The maximum atomic E-state index is 14.8. The Bertz CT molecular complexity index is 1100. The van der Waals surface area contributed by atoms with Crippen molar-refractivity contribution >= 4 is 41.3 Å². The molecule has 1 aromatic heterocycles. The number of anilines is 4. The van der Waals surface area contributed by atoms with Crippen LogP contribution in [0, 0.1) is 11.2 Å². The molecule has 2 atom stereocenters. The van der Waals surface area contributed by atoms with Gasteiger partial charge in [0.1, 0.15) is 11.9 Å². The Balaban J connectivity index is 1.64. The lowest BCUT2D eigenvalue weighted by molar-refractivity contribution is -0.0567. The molecule has 2 aromatic rings. The van der Waals surface area contributed by atoms with Crippen LogP contribution < -0.4 is 27.1 Å². The standard InChI is InChI=1S/C21H23F3N8O/c22-15-10-14(16(26)33)17(29-12-3-1-4-13(9-12)32-28-8-7-25)30-18(15)31-19-20(11-27-20)5-2-6-21(19,23)24/h1,3-4,7-10,19,25,27,32H,2,5-6,11H2,(H2,26,33)(H2,29,30,31). The van der Waals surface area contributed by atoms with Crippen molar-refractivity contribution in [2.24, 2.45) is 10.8 Å². The van der Waals surface area contributed by atoms with Gasteiger partial charge in [-0.15, -0.1) is 0 Å². The van der Waals surface area contributed by atoms with Crippen molar-refractivity contribution in [2.45, 2.75) is 36.8 Å². The minimum Gasteiger partial charge on any atom is -0.365 e. The van der Waals surface area contributed by atoms with Gasteiger partial charge in [-0.25, -0.2) is 18.2 Å². The van der Waals surface area contributed by atoms with E-state index in [-0.39, 0.29) is 17.8 Å². The molecular weight excluding hydrogens is 437 g/mol. The fourth-order valence-corrected chi connectivity index (χ4v) is 4.03. The number of carbonyl (C=O) groups excluding carboxylic acids is 1. The molecule has 4 rings (SSSR count). The van der Waals surface area contributed by atoms with Crippen molar-refractivity contribution in [3.05, 3.63) is 41.7 Å². The van der Waals surface area contributed by atoms with E-state index in [1.807, 2.05) is 0 Å². The molecule has 1 saturated heterocycles. The third kappa shape index (κ3) is 4.75. The van der Waals surface area contributed by atoms with Gasteiger partial charge in [-0.3, -0.25) is 10.2 Å². The topological polar surface area (TPSA) is 150 Å². The molecule has 2 fully saturated rings. The zero-order chi connectivity index (χ0) is 23.6. The highest BCUT2D eigenvalue weighted by molar-refractivity contribution is 6.14. The number of aromatic nitrogens is 1. The van der Waals surface area contributed by atoms with Crippen LogP contribution in [0.5, 0.6) is 0 Å². The number of pyridine rings is 1. The van der Waals surface area contributed by atoms with Crippen LogP contribution in [0.15, 0.2) is 35.4 Å². The van der Waals surface area contributed by atoms with E-state index >= 15 is 0 Å². The highest BCUT2D eigenvalue weighted by Gasteiger charge is 2.61. The first-order chi connectivity index (χ1) is 15.7. The maximum Gasteiger partial charge on any atom is 0.269 e. The van der Waals surface area contributed by atoms with Gasteiger partial charge in [0, 0.05) is 24.9 Å². The van der Waals surface area contributed by atoms with E-state index in [4.69, 9.17) is 11.1 Å². The molecule has 7 N–H and O–H groups in total. The van der Waals surface area contributed by atoms with Crippen LogP contribution in [-0.2, 0) is 0 Å². The minimum absolute atomic E-state index is 0.0801. The number of carbonyl (C=O) groups is 1. The van der Waals surface area contributed by atoms with E-state index in [1.165, 1.54) is 6.21 Å². The summed E-state index contributed by atoms with van der Waals surface area (Å²) in [6.45, 7) is 0.409. The fourth-order valence-electron chi connectivity index (χ4n) is 4.03. The van der Waals surface area contributed by atoms with Crippen LogP contribution in [0.2, 0.25) is 0 Å². The number of alkyl halides is 2. The molecule has 2 heterocycles. The molecule has 2 unspecified atom stereocenters. The van der Waals surface area contributed by atoms with E-state index in [2.05, 4.69) is 31.5 Å². The smallest absolute Gasteiger partial charge is 0.269 e. The van der Waals surface area contributed by atoms with Crippen molar-refractivity contribution < 1.29 is 18.0 Å². The molecule has 1 spiro atoms. The van der Waals surface area contributed by atoms with Gasteiger partial charge in [0.25, 0.3) is 11.8 Å². The minimum atomic E-state index is -3.05. The van der Waals surface area contributed by atoms with Crippen molar-refractivity contribution in [1.29, 1.82) is 5.41 Å². The maximum absolute atomic E-state index is 14.8. The summed E-state index contributed by atoms with van der Waals surface area (Å²) < 4.78 is 44.1. The number of rotatable bonds is 8. The summed E-state index contributed by atoms with van der Waals surface area (Å²) in [6.07, 6.45) is 2.86. The highest BCUT2D eigenvalue weighted by Crippen LogP contribution is 2.45. The van der Waals surface area contributed by atoms with Crippen LogP contribution in [-0.4, -0.2) is 47.4 Å². The van der Waals surface area contributed by atoms with Gasteiger partial charge in [-0.2, -0.15) is 5.10 Å². The summed E-state index contributed by atoms with van der Waals surface area (Å²) in [6, 6.07) is 6.22. The van der Waals surface area contributed by atoms with Crippen molar-refractivity contribution in [3.8, 4) is 0 Å². The van der Waals surface area contributed by atoms with E-state index < -0.39 is 35.0 Å². The Morgan fingerprint density at radius 1 is 1.27 bits per heavy atom. The third-order valence-corrected chi connectivity index (χ3v) is 5.73. The first kappa shape index (κ1) is 22.5. The van der Waals surface area contributed by atoms with Crippen LogP contribution in [0.4, 0.5) is 36.2 Å².